The van der Waals surface area contributed by atoms with Crippen molar-refractivity contribution < 1.29 is 35.0 Å². The van der Waals surface area contributed by atoms with Gasteiger partial charge in [0.2, 0.25) is 0 Å². The summed E-state index contributed by atoms with van der Waals surface area (Å²) in [5.74, 6) is 1.52. The highest BCUT2D eigenvalue weighted by Gasteiger charge is 2.44. The number of hydrogen-bond acceptors (Lipinski definition) is 8. The molecule has 1 heterocycles. The predicted molar refractivity (Wildman–Crippen MR) is 115 cm³/mol. The average molecular weight is 439 g/mol. The molecule has 0 aromatic rings. The van der Waals surface area contributed by atoms with Gasteiger partial charge in [0.15, 0.2) is 6.29 Å². The highest BCUT2D eigenvalue weighted by Crippen LogP contribution is 2.22. The Bertz CT molecular complexity index is 386. The van der Waals surface area contributed by atoms with Crippen molar-refractivity contribution in [3.63, 3.8) is 0 Å². The van der Waals surface area contributed by atoms with Gasteiger partial charge in [0, 0.05) is 5.75 Å². The Hall–Kier alpha value is 0.0700. The van der Waals surface area contributed by atoms with Gasteiger partial charge in [-0.1, -0.05) is 64.7 Å². The average Bonchev–Trinajstić information content (AvgIpc) is 2.72. The molecule has 0 aliphatic carbocycles. The van der Waals surface area contributed by atoms with E-state index in [1.165, 1.54) is 57.8 Å². The van der Waals surface area contributed by atoms with Crippen LogP contribution in [0.25, 0.3) is 0 Å². The van der Waals surface area contributed by atoms with Gasteiger partial charge in [0.25, 0.3) is 0 Å². The number of unbranched alkanes of at least 4 members (excludes halogenated alkanes) is 9. The second-order valence-electron chi connectivity index (χ2n) is 7.94. The maximum Gasteiger partial charge on any atom is 0.186 e. The molecule has 0 amide bonds. The van der Waals surface area contributed by atoms with Crippen molar-refractivity contribution in [2.45, 2.75) is 108 Å². The van der Waals surface area contributed by atoms with Gasteiger partial charge in [-0.05, 0) is 12.2 Å². The van der Waals surface area contributed by atoms with Gasteiger partial charge in [-0.2, -0.15) is 11.8 Å². The van der Waals surface area contributed by atoms with Crippen molar-refractivity contribution in [1.82, 2.24) is 0 Å². The zero-order valence-corrected chi connectivity index (χ0v) is 18.6. The zero-order chi connectivity index (χ0) is 21.5. The van der Waals surface area contributed by atoms with Gasteiger partial charge in [0.05, 0.1) is 19.3 Å². The number of ether oxygens (including phenoxy) is 2. The fourth-order valence-electron chi connectivity index (χ4n) is 3.37. The SMILES string of the molecule is CCCCCCCCCCCCSCC(O)CO[C@@H]1O[C@H](CO)[C@@H](O)[C@H](O)[C@H]1O. The van der Waals surface area contributed by atoms with Crippen LogP contribution in [0.4, 0.5) is 0 Å². The second kappa shape index (κ2) is 16.7. The molecule has 0 aromatic carbocycles. The topological polar surface area (TPSA) is 120 Å². The fraction of sp³-hybridized carbons (Fsp3) is 1.00. The quantitative estimate of drug-likeness (QED) is 0.218. The molecule has 0 aromatic heterocycles. The Morgan fingerprint density at radius 2 is 1.45 bits per heavy atom. The van der Waals surface area contributed by atoms with Crippen LogP contribution in [0.1, 0.15) is 71.1 Å². The Morgan fingerprint density at radius 1 is 0.862 bits per heavy atom. The fourth-order valence-corrected chi connectivity index (χ4v) is 4.31. The maximum atomic E-state index is 10.0. The molecule has 1 aliphatic rings. The lowest BCUT2D eigenvalue weighted by Crippen LogP contribution is -2.59. The van der Waals surface area contributed by atoms with Crippen molar-refractivity contribution >= 4 is 11.8 Å². The maximum absolute atomic E-state index is 10.0. The van der Waals surface area contributed by atoms with Crippen LogP contribution < -0.4 is 0 Å². The third kappa shape index (κ3) is 11.3. The molecule has 6 atom stereocenters. The van der Waals surface area contributed by atoms with Gasteiger partial charge in [-0.3, -0.25) is 0 Å². The van der Waals surface area contributed by atoms with E-state index in [1.54, 1.807) is 11.8 Å². The lowest BCUT2D eigenvalue weighted by atomic mass is 9.99. The molecule has 5 N–H and O–H groups in total. The van der Waals surface area contributed by atoms with Gasteiger partial charge in [-0.15, -0.1) is 0 Å². The first kappa shape index (κ1) is 27.1. The van der Waals surface area contributed by atoms with E-state index in [-0.39, 0.29) is 6.61 Å². The van der Waals surface area contributed by atoms with Crippen LogP contribution in [0.5, 0.6) is 0 Å². The molecule has 1 unspecified atom stereocenters. The van der Waals surface area contributed by atoms with Crippen LogP contribution in [-0.4, -0.2) is 87.1 Å². The van der Waals surface area contributed by atoms with Crippen molar-refractivity contribution in [3.05, 3.63) is 0 Å². The number of thioether (sulfide) groups is 1. The van der Waals surface area contributed by atoms with Gasteiger partial charge in [0.1, 0.15) is 24.4 Å². The summed E-state index contributed by atoms with van der Waals surface area (Å²) >= 11 is 1.67. The van der Waals surface area contributed by atoms with Crippen molar-refractivity contribution in [2.75, 3.05) is 24.7 Å². The summed E-state index contributed by atoms with van der Waals surface area (Å²) in [7, 11) is 0. The first-order chi connectivity index (χ1) is 14.0. The van der Waals surface area contributed by atoms with Crippen LogP contribution in [0.15, 0.2) is 0 Å². The molecule has 0 radical (unpaired) electrons. The van der Waals surface area contributed by atoms with E-state index in [2.05, 4.69) is 6.92 Å². The summed E-state index contributed by atoms with van der Waals surface area (Å²) in [5, 5.41) is 48.5. The summed E-state index contributed by atoms with van der Waals surface area (Å²) in [6, 6.07) is 0. The van der Waals surface area contributed by atoms with Crippen LogP contribution in [0.2, 0.25) is 0 Å². The largest absolute Gasteiger partial charge is 0.394 e. The van der Waals surface area contributed by atoms with E-state index < -0.39 is 43.4 Å². The first-order valence-corrected chi connectivity index (χ1v) is 12.3. The number of rotatable bonds is 17. The Balaban J connectivity index is 1.99. The minimum absolute atomic E-state index is 0.0479. The Labute approximate surface area is 179 Å². The summed E-state index contributed by atoms with van der Waals surface area (Å²) in [4.78, 5) is 0. The molecule has 1 fully saturated rings. The Kier molecular flexibility index (Phi) is 15.6. The smallest absolute Gasteiger partial charge is 0.186 e. The van der Waals surface area contributed by atoms with E-state index in [0.717, 1.165) is 12.2 Å². The van der Waals surface area contributed by atoms with Gasteiger partial charge < -0.3 is 35.0 Å². The third-order valence-electron chi connectivity index (χ3n) is 5.25. The molecular weight excluding hydrogens is 396 g/mol. The van der Waals surface area contributed by atoms with E-state index in [9.17, 15) is 20.4 Å². The normalized spacial score (nSPS) is 28.6. The molecule has 29 heavy (non-hydrogen) atoms. The molecular formula is C21H42O7S. The summed E-state index contributed by atoms with van der Waals surface area (Å²) in [6.07, 6.45) is 5.84. The number of aliphatic hydroxyl groups is 5. The van der Waals surface area contributed by atoms with Crippen molar-refractivity contribution in [2.24, 2.45) is 0 Å². The standard InChI is InChI=1S/C21H42O7S/c1-2-3-4-5-6-7-8-9-10-11-12-29-15-16(23)14-27-21-20(26)19(25)18(24)17(13-22)28-21/h16-26H,2-15H2,1H3/t16?,17-,18-,19+,20-,21-/m1/s1. The second-order valence-corrected chi connectivity index (χ2v) is 9.09. The molecule has 7 nitrogen and oxygen atoms in total. The monoisotopic (exact) mass is 438 g/mol. The molecule has 8 heteroatoms. The number of hydrogen-bond donors (Lipinski definition) is 5. The molecule has 174 valence electrons. The molecule has 0 spiro atoms. The van der Waals surface area contributed by atoms with Crippen LogP contribution in [-0.2, 0) is 9.47 Å². The van der Waals surface area contributed by atoms with Crippen LogP contribution >= 0.6 is 11.8 Å². The van der Waals surface area contributed by atoms with Crippen LogP contribution in [0, 0.1) is 0 Å². The predicted octanol–water partition coefficient (Wildman–Crippen LogP) is 1.82. The molecule has 1 aliphatic heterocycles. The summed E-state index contributed by atoms with van der Waals surface area (Å²) in [6.45, 7) is 1.69. The van der Waals surface area contributed by atoms with Crippen molar-refractivity contribution in [3.8, 4) is 0 Å². The highest BCUT2D eigenvalue weighted by molar-refractivity contribution is 7.99. The minimum Gasteiger partial charge on any atom is -0.394 e. The van der Waals surface area contributed by atoms with Gasteiger partial charge in [-0.25, -0.2) is 0 Å². The van der Waals surface area contributed by atoms with E-state index in [4.69, 9.17) is 14.6 Å². The lowest BCUT2D eigenvalue weighted by Gasteiger charge is -2.39. The molecule has 0 saturated carbocycles. The lowest BCUT2D eigenvalue weighted by molar-refractivity contribution is -0.304. The number of aliphatic hydroxyl groups excluding tert-OH is 5. The molecule has 1 rings (SSSR count). The summed E-state index contributed by atoms with van der Waals surface area (Å²) in [5.41, 5.74) is 0. The van der Waals surface area contributed by atoms with Crippen molar-refractivity contribution in [1.29, 1.82) is 0 Å². The van der Waals surface area contributed by atoms with Crippen LogP contribution in [0.3, 0.4) is 0 Å². The molecule has 1 saturated heterocycles. The first-order valence-electron chi connectivity index (χ1n) is 11.2. The zero-order valence-electron chi connectivity index (χ0n) is 17.8. The van der Waals surface area contributed by atoms with E-state index >= 15 is 0 Å². The summed E-state index contributed by atoms with van der Waals surface area (Å²) < 4.78 is 10.6. The third-order valence-corrected chi connectivity index (χ3v) is 6.45. The van der Waals surface area contributed by atoms with E-state index in [0.29, 0.717) is 5.75 Å². The highest BCUT2D eigenvalue weighted by atomic mass is 32.2. The Morgan fingerprint density at radius 3 is 2.03 bits per heavy atom. The van der Waals surface area contributed by atoms with E-state index in [1.807, 2.05) is 0 Å². The minimum atomic E-state index is -1.46. The molecule has 0 bridgehead atoms. The van der Waals surface area contributed by atoms with Gasteiger partial charge >= 0.3 is 0 Å².